The Balaban J connectivity index is 1.78. The molecule has 1 saturated heterocycles. The van der Waals surface area contributed by atoms with E-state index in [2.05, 4.69) is 20.2 Å². The molecular formula is C13H14N4O2S2. The summed E-state index contributed by atoms with van der Waals surface area (Å²) in [6, 6.07) is 3.63. The molecule has 0 spiro atoms. The van der Waals surface area contributed by atoms with Crippen molar-refractivity contribution in [3.8, 4) is 0 Å². The summed E-state index contributed by atoms with van der Waals surface area (Å²) in [6.45, 7) is 1.76. The molecule has 0 bridgehead atoms. The molecule has 2 aromatic rings. The molecule has 0 radical (unpaired) electrons. The van der Waals surface area contributed by atoms with Crippen LogP contribution in [0.25, 0.3) is 0 Å². The first-order valence-electron chi connectivity index (χ1n) is 6.57. The van der Waals surface area contributed by atoms with Crippen molar-refractivity contribution in [1.29, 1.82) is 0 Å². The zero-order valence-electron chi connectivity index (χ0n) is 11.3. The summed E-state index contributed by atoms with van der Waals surface area (Å²) in [4.78, 5) is 25.5. The third kappa shape index (κ3) is 2.96. The third-order valence-corrected chi connectivity index (χ3v) is 5.21. The molecule has 2 N–H and O–H groups in total. The molecule has 110 valence electrons. The average Bonchev–Trinajstić information content (AvgIpc) is 3.11. The first-order chi connectivity index (χ1) is 10.1. The average molecular weight is 322 g/mol. The van der Waals surface area contributed by atoms with E-state index in [0.29, 0.717) is 23.4 Å². The molecule has 2 aromatic heterocycles. The van der Waals surface area contributed by atoms with E-state index >= 15 is 0 Å². The van der Waals surface area contributed by atoms with Crippen LogP contribution in [-0.4, -0.2) is 27.4 Å². The van der Waals surface area contributed by atoms with Crippen LogP contribution in [-0.2, 0) is 4.79 Å². The van der Waals surface area contributed by atoms with Crippen molar-refractivity contribution in [2.45, 2.75) is 31.8 Å². The lowest BCUT2D eigenvalue weighted by molar-refractivity contribution is -0.123. The summed E-state index contributed by atoms with van der Waals surface area (Å²) in [6.07, 6.45) is 1.05. The van der Waals surface area contributed by atoms with Crippen molar-refractivity contribution in [1.82, 2.24) is 20.2 Å². The number of carbonyl (C=O) groups is 2. The zero-order chi connectivity index (χ0) is 14.8. The molecule has 3 rings (SSSR count). The normalized spacial score (nSPS) is 21.9. The van der Waals surface area contributed by atoms with Crippen LogP contribution < -0.4 is 10.6 Å². The predicted octanol–water partition coefficient (Wildman–Crippen LogP) is 1.66. The van der Waals surface area contributed by atoms with Gasteiger partial charge in [0.2, 0.25) is 5.91 Å². The fraction of sp³-hybridized carbons (Fsp3) is 0.385. The van der Waals surface area contributed by atoms with E-state index in [0.717, 1.165) is 16.4 Å². The largest absolute Gasteiger partial charge is 0.346 e. The quantitative estimate of drug-likeness (QED) is 0.900. The molecule has 1 fully saturated rings. The van der Waals surface area contributed by atoms with Crippen molar-refractivity contribution in [3.05, 3.63) is 33.0 Å². The maximum atomic E-state index is 12.3. The van der Waals surface area contributed by atoms with Gasteiger partial charge in [0, 0.05) is 11.3 Å². The van der Waals surface area contributed by atoms with Crippen LogP contribution in [0.5, 0.6) is 0 Å². The molecule has 8 heteroatoms. The Hall–Kier alpha value is -1.80. The van der Waals surface area contributed by atoms with Crippen LogP contribution in [0.4, 0.5) is 0 Å². The van der Waals surface area contributed by atoms with Gasteiger partial charge in [0.25, 0.3) is 5.91 Å². The smallest absolute Gasteiger partial charge is 0.265 e. The lowest BCUT2D eigenvalue weighted by atomic mass is 9.96. The number of nitrogens with one attached hydrogen (secondary N) is 2. The van der Waals surface area contributed by atoms with Crippen molar-refractivity contribution >= 4 is 34.7 Å². The number of hydrogen-bond acceptors (Lipinski definition) is 6. The number of nitrogens with zero attached hydrogens (tertiary/aromatic N) is 2. The number of rotatable bonds is 3. The number of carbonyl (C=O) groups excluding carboxylic acids is 2. The van der Waals surface area contributed by atoms with Gasteiger partial charge in [-0.3, -0.25) is 9.59 Å². The van der Waals surface area contributed by atoms with Gasteiger partial charge in [0.15, 0.2) is 0 Å². The Bertz CT molecular complexity index is 653. The van der Waals surface area contributed by atoms with Gasteiger partial charge in [-0.15, -0.1) is 16.4 Å². The van der Waals surface area contributed by atoms with Crippen molar-refractivity contribution in [3.63, 3.8) is 0 Å². The van der Waals surface area contributed by atoms with Crippen LogP contribution in [0.3, 0.4) is 0 Å². The van der Waals surface area contributed by atoms with Crippen molar-refractivity contribution in [2.24, 2.45) is 0 Å². The van der Waals surface area contributed by atoms with E-state index in [-0.39, 0.29) is 23.9 Å². The van der Waals surface area contributed by atoms with E-state index in [1.165, 1.54) is 0 Å². The Morgan fingerprint density at radius 1 is 1.52 bits per heavy atom. The highest BCUT2D eigenvalue weighted by atomic mass is 32.1. The zero-order valence-corrected chi connectivity index (χ0v) is 13.0. The van der Waals surface area contributed by atoms with Gasteiger partial charge in [0.1, 0.15) is 4.88 Å². The minimum absolute atomic E-state index is 0.0227. The summed E-state index contributed by atoms with van der Waals surface area (Å²) < 4.78 is 3.78. The van der Waals surface area contributed by atoms with Crippen LogP contribution in [0.2, 0.25) is 0 Å². The van der Waals surface area contributed by atoms with Gasteiger partial charge in [0.05, 0.1) is 17.8 Å². The minimum Gasteiger partial charge on any atom is -0.346 e. The first kappa shape index (κ1) is 14.2. The molecule has 2 amide bonds. The maximum Gasteiger partial charge on any atom is 0.265 e. The summed E-state index contributed by atoms with van der Waals surface area (Å²) >= 11 is 2.66. The molecule has 0 unspecified atom stereocenters. The lowest BCUT2D eigenvalue weighted by Gasteiger charge is -2.32. The fourth-order valence-electron chi connectivity index (χ4n) is 2.37. The monoisotopic (exact) mass is 322 g/mol. The number of thiophene rings is 1. The standard InChI is InChI=1S/C13H14N4O2S2/c1-7-12(21-17-16-7)13(19)14-8-4-5-10(18)15-11(8)9-3-2-6-20-9/h2-3,6,8,11H,4-5H2,1H3,(H,14,19)(H,15,18)/t8-,11-/m1/s1. The third-order valence-electron chi connectivity index (χ3n) is 3.43. The summed E-state index contributed by atoms with van der Waals surface area (Å²) in [5.74, 6) is -0.153. The molecular weight excluding hydrogens is 308 g/mol. The SMILES string of the molecule is Cc1nnsc1C(=O)N[C@@H]1CCC(=O)N[C@H]1c1cccs1. The Morgan fingerprint density at radius 2 is 2.38 bits per heavy atom. The molecule has 1 aliphatic heterocycles. The Morgan fingerprint density at radius 3 is 3.05 bits per heavy atom. The molecule has 3 heterocycles. The van der Waals surface area contributed by atoms with Gasteiger partial charge < -0.3 is 10.6 Å². The van der Waals surface area contributed by atoms with Gasteiger partial charge in [-0.1, -0.05) is 10.6 Å². The van der Waals surface area contributed by atoms with E-state index in [9.17, 15) is 9.59 Å². The molecule has 2 atom stereocenters. The maximum absolute atomic E-state index is 12.3. The Kier molecular flexibility index (Phi) is 3.98. The highest BCUT2D eigenvalue weighted by Gasteiger charge is 2.32. The second kappa shape index (κ2) is 5.90. The molecule has 0 saturated carbocycles. The highest BCUT2D eigenvalue weighted by Crippen LogP contribution is 2.28. The number of amides is 2. The van der Waals surface area contributed by atoms with Crippen LogP contribution >= 0.6 is 22.9 Å². The van der Waals surface area contributed by atoms with Crippen LogP contribution in [0, 0.1) is 6.92 Å². The van der Waals surface area contributed by atoms with Crippen LogP contribution in [0.15, 0.2) is 17.5 Å². The lowest BCUT2D eigenvalue weighted by Crippen LogP contribution is -2.49. The fourth-order valence-corrected chi connectivity index (χ4v) is 3.77. The Labute approximate surface area is 129 Å². The van der Waals surface area contributed by atoms with Crippen molar-refractivity contribution < 1.29 is 9.59 Å². The number of hydrogen-bond donors (Lipinski definition) is 2. The molecule has 0 aliphatic carbocycles. The number of aryl methyl sites for hydroxylation is 1. The molecule has 21 heavy (non-hydrogen) atoms. The first-order valence-corrected chi connectivity index (χ1v) is 8.23. The summed E-state index contributed by atoms with van der Waals surface area (Å²) in [5, 5.41) is 11.8. The second-order valence-corrected chi connectivity index (χ2v) is 6.60. The van der Waals surface area contributed by atoms with E-state index < -0.39 is 0 Å². The van der Waals surface area contributed by atoms with E-state index in [4.69, 9.17) is 0 Å². The van der Waals surface area contributed by atoms with Gasteiger partial charge in [-0.05, 0) is 36.3 Å². The predicted molar refractivity (Wildman–Crippen MR) is 80.3 cm³/mol. The van der Waals surface area contributed by atoms with E-state index in [1.807, 2.05) is 17.5 Å². The molecule has 6 nitrogen and oxygen atoms in total. The number of piperidine rings is 1. The van der Waals surface area contributed by atoms with Gasteiger partial charge >= 0.3 is 0 Å². The van der Waals surface area contributed by atoms with Crippen molar-refractivity contribution in [2.75, 3.05) is 0 Å². The van der Waals surface area contributed by atoms with E-state index in [1.54, 1.807) is 18.3 Å². The van der Waals surface area contributed by atoms with Crippen LogP contribution in [0.1, 0.15) is 39.1 Å². The van der Waals surface area contributed by atoms with Gasteiger partial charge in [-0.2, -0.15) is 0 Å². The van der Waals surface area contributed by atoms with Gasteiger partial charge in [-0.25, -0.2) is 0 Å². The number of aromatic nitrogens is 2. The highest BCUT2D eigenvalue weighted by molar-refractivity contribution is 7.10. The summed E-state index contributed by atoms with van der Waals surface area (Å²) in [7, 11) is 0. The minimum atomic E-state index is -0.176. The topological polar surface area (TPSA) is 84.0 Å². The second-order valence-electron chi connectivity index (χ2n) is 4.87. The molecule has 0 aromatic carbocycles. The summed E-state index contributed by atoms with van der Waals surface area (Å²) in [5.41, 5.74) is 0.630. The molecule has 1 aliphatic rings.